The predicted molar refractivity (Wildman–Crippen MR) is 112 cm³/mol. The van der Waals surface area contributed by atoms with E-state index in [0.29, 0.717) is 6.54 Å². The molecule has 2 aromatic rings. The molecule has 5 rings (SSSR count). The van der Waals surface area contributed by atoms with Gasteiger partial charge in [-0.15, -0.1) is 11.3 Å². The second kappa shape index (κ2) is 7.70. The lowest BCUT2D eigenvalue weighted by molar-refractivity contribution is 0.0738. The van der Waals surface area contributed by atoms with Crippen LogP contribution in [0.15, 0.2) is 17.5 Å². The molecule has 0 spiro atoms. The zero-order chi connectivity index (χ0) is 18.9. The summed E-state index contributed by atoms with van der Waals surface area (Å²) in [5.41, 5.74) is 2.31. The highest BCUT2D eigenvalue weighted by Gasteiger charge is 2.30. The van der Waals surface area contributed by atoms with Crippen LogP contribution in [0.2, 0.25) is 0 Å². The highest BCUT2D eigenvalue weighted by atomic mass is 32.1. The van der Waals surface area contributed by atoms with Crippen molar-refractivity contribution in [3.63, 3.8) is 0 Å². The van der Waals surface area contributed by atoms with E-state index in [2.05, 4.69) is 9.80 Å². The number of carbonyl (C=O) groups excluding carboxylic acids is 1. The number of amides is 1. The topological polar surface area (TPSA) is 52.6 Å². The minimum atomic E-state index is 0.133. The molecule has 0 unspecified atom stereocenters. The molecule has 0 atom stereocenters. The fraction of sp³-hybridized carbons (Fsp3) is 0.571. The first-order valence-electron chi connectivity index (χ1n) is 10.5. The van der Waals surface area contributed by atoms with Crippen LogP contribution in [0.5, 0.6) is 0 Å². The summed E-state index contributed by atoms with van der Waals surface area (Å²) in [6.45, 7) is 5.59. The lowest BCUT2D eigenvalue weighted by Crippen LogP contribution is -2.39. The molecule has 0 aromatic carbocycles. The quantitative estimate of drug-likeness (QED) is 0.795. The minimum Gasteiger partial charge on any atom is -0.356 e. The fourth-order valence-electron chi connectivity index (χ4n) is 4.54. The van der Waals surface area contributed by atoms with E-state index in [-0.39, 0.29) is 5.91 Å². The fourth-order valence-corrected chi connectivity index (χ4v) is 5.23. The van der Waals surface area contributed by atoms with E-state index in [1.54, 1.807) is 0 Å². The molecule has 7 heteroatoms. The van der Waals surface area contributed by atoms with Gasteiger partial charge in [-0.1, -0.05) is 6.07 Å². The van der Waals surface area contributed by atoms with Gasteiger partial charge in [0.1, 0.15) is 5.82 Å². The Morgan fingerprint density at radius 3 is 2.43 bits per heavy atom. The van der Waals surface area contributed by atoms with Gasteiger partial charge in [0.2, 0.25) is 5.95 Å². The van der Waals surface area contributed by atoms with Crippen LogP contribution >= 0.6 is 11.3 Å². The Bertz CT molecular complexity index is 841. The van der Waals surface area contributed by atoms with Crippen LogP contribution in [0.1, 0.15) is 53.0 Å². The smallest absolute Gasteiger partial charge is 0.264 e. The molecule has 148 valence electrons. The number of thiophene rings is 1. The molecule has 3 aliphatic heterocycles. The summed E-state index contributed by atoms with van der Waals surface area (Å²) in [6, 6.07) is 3.86. The first kappa shape index (κ1) is 17.9. The summed E-state index contributed by atoms with van der Waals surface area (Å²) in [4.78, 5) is 30.5. The second-order valence-corrected chi connectivity index (χ2v) is 8.92. The van der Waals surface area contributed by atoms with Gasteiger partial charge in [0.25, 0.3) is 5.91 Å². The largest absolute Gasteiger partial charge is 0.356 e. The summed E-state index contributed by atoms with van der Waals surface area (Å²) in [5, 5.41) is 1.97. The number of hydrogen-bond acceptors (Lipinski definition) is 6. The van der Waals surface area contributed by atoms with Gasteiger partial charge in [0.05, 0.1) is 17.1 Å². The zero-order valence-corrected chi connectivity index (χ0v) is 17.1. The van der Waals surface area contributed by atoms with Crippen LogP contribution in [-0.2, 0) is 13.0 Å². The maximum absolute atomic E-state index is 12.9. The van der Waals surface area contributed by atoms with Crippen molar-refractivity contribution in [1.29, 1.82) is 0 Å². The van der Waals surface area contributed by atoms with E-state index in [0.717, 1.165) is 61.5 Å². The molecule has 0 saturated carbocycles. The van der Waals surface area contributed by atoms with Crippen LogP contribution in [0, 0.1) is 0 Å². The summed E-state index contributed by atoms with van der Waals surface area (Å²) in [6.07, 6.45) is 7.00. The number of anilines is 2. The molecule has 28 heavy (non-hydrogen) atoms. The molecule has 0 radical (unpaired) electrons. The average molecular weight is 398 g/mol. The number of aromatic nitrogens is 2. The van der Waals surface area contributed by atoms with E-state index < -0.39 is 0 Å². The number of hydrogen-bond donors (Lipinski definition) is 0. The van der Waals surface area contributed by atoms with E-state index in [4.69, 9.17) is 9.97 Å². The van der Waals surface area contributed by atoms with Crippen molar-refractivity contribution in [3.8, 4) is 0 Å². The van der Waals surface area contributed by atoms with Crippen LogP contribution in [0.25, 0.3) is 0 Å². The predicted octanol–water partition coefficient (Wildman–Crippen LogP) is 3.33. The van der Waals surface area contributed by atoms with Gasteiger partial charge in [-0.2, -0.15) is 4.98 Å². The van der Waals surface area contributed by atoms with Gasteiger partial charge >= 0.3 is 0 Å². The molecule has 1 amide bonds. The molecule has 0 N–H and O–H groups in total. The van der Waals surface area contributed by atoms with Crippen molar-refractivity contribution >= 4 is 29.0 Å². The number of fused-ring (bicyclic) bond motifs is 1. The summed E-state index contributed by atoms with van der Waals surface area (Å²) < 4.78 is 0. The lowest BCUT2D eigenvalue weighted by Gasteiger charge is -2.35. The van der Waals surface area contributed by atoms with Crippen molar-refractivity contribution < 1.29 is 4.79 Å². The first-order chi connectivity index (χ1) is 13.8. The van der Waals surface area contributed by atoms with Gasteiger partial charge in [-0.3, -0.25) is 4.79 Å². The summed E-state index contributed by atoms with van der Waals surface area (Å²) >= 11 is 1.52. The van der Waals surface area contributed by atoms with Crippen molar-refractivity contribution in [3.05, 3.63) is 33.6 Å². The molecule has 2 saturated heterocycles. The third kappa shape index (κ3) is 3.36. The Morgan fingerprint density at radius 2 is 1.68 bits per heavy atom. The minimum absolute atomic E-state index is 0.133. The van der Waals surface area contributed by atoms with Gasteiger partial charge in [-0.05, 0) is 43.6 Å². The number of rotatable bonds is 3. The van der Waals surface area contributed by atoms with Crippen molar-refractivity contribution in [2.45, 2.75) is 45.1 Å². The lowest BCUT2D eigenvalue weighted by atomic mass is 10.0. The van der Waals surface area contributed by atoms with Crippen LogP contribution < -0.4 is 9.80 Å². The number of nitrogens with zero attached hydrogens (tertiary/aromatic N) is 5. The molecule has 0 bridgehead atoms. The number of piperidine rings is 1. The van der Waals surface area contributed by atoms with E-state index in [1.165, 1.54) is 49.0 Å². The molecular weight excluding hydrogens is 370 g/mol. The van der Waals surface area contributed by atoms with Crippen molar-refractivity contribution in [2.75, 3.05) is 42.5 Å². The highest BCUT2D eigenvalue weighted by Crippen LogP contribution is 2.32. The maximum atomic E-state index is 12.9. The van der Waals surface area contributed by atoms with E-state index >= 15 is 0 Å². The standard InChI is InChI=1S/C21H27N5OS/c27-20(18-7-6-14-28-18)26-13-8-17-16(15-26)19(24-9-2-1-3-10-24)23-21(22-17)25-11-4-5-12-25/h6-7,14H,1-5,8-13,15H2. The Balaban J connectivity index is 1.49. The summed E-state index contributed by atoms with van der Waals surface area (Å²) in [7, 11) is 0. The van der Waals surface area contributed by atoms with Gasteiger partial charge in [-0.25, -0.2) is 4.98 Å². The summed E-state index contributed by atoms with van der Waals surface area (Å²) in [5.74, 6) is 2.11. The van der Waals surface area contributed by atoms with Gasteiger partial charge in [0.15, 0.2) is 0 Å². The molecule has 2 fully saturated rings. The Kier molecular flexibility index (Phi) is 4.93. The SMILES string of the molecule is O=C(c1cccs1)N1CCc2nc(N3CCCC3)nc(N3CCCCC3)c2C1. The highest BCUT2D eigenvalue weighted by molar-refractivity contribution is 7.12. The molecule has 5 heterocycles. The van der Waals surface area contributed by atoms with E-state index in [9.17, 15) is 4.79 Å². The first-order valence-corrected chi connectivity index (χ1v) is 11.4. The average Bonchev–Trinajstić information content (AvgIpc) is 3.47. The van der Waals surface area contributed by atoms with Crippen LogP contribution in [0.3, 0.4) is 0 Å². The van der Waals surface area contributed by atoms with Crippen LogP contribution in [0.4, 0.5) is 11.8 Å². The molecule has 0 aliphatic carbocycles. The molecule has 3 aliphatic rings. The van der Waals surface area contributed by atoms with Gasteiger partial charge < -0.3 is 14.7 Å². The monoisotopic (exact) mass is 397 g/mol. The molecule has 6 nitrogen and oxygen atoms in total. The van der Waals surface area contributed by atoms with Gasteiger partial charge in [0, 0.05) is 44.7 Å². The third-order valence-electron chi connectivity index (χ3n) is 6.09. The third-order valence-corrected chi connectivity index (χ3v) is 6.95. The Hall–Kier alpha value is -2.15. The van der Waals surface area contributed by atoms with Crippen LogP contribution in [-0.4, -0.2) is 53.5 Å². The number of carbonyl (C=O) groups is 1. The van der Waals surface area contributed by atoms with E-state index in [1.807, 2.05) is 22.4 Å². The van der Waals surface area contributed by atoms with Crippen molar-refractivity contribution in [2.24, 2.45) is 0 Å². The maximum Gasteiger partial charge on any atom is 0.264 e. The van der Waals surface area contributed by atoms with Crippen molar-refractivity contribution in [1.82, 2.24) is 14.9 Å². The zero-order valence-electron chi connectivity index (χ0n) is 16.3. The molecule has 2 aromatic heterocycles. The normalized spacial score (nSPS) is 19.8. The Labute approximate surface area is 170 Å². The second-order valence-electron chi connectivity index (χ2n) is 7.97. The molecular formula is C21H27N5OS. The Morgan fingerprint density at radius 1 is 0.929 bits per heavy atom.